The maximum absolute atomic E-state index is 9.48. The number of nitrogens with zero attached hydrogens (tertiary/aromatic N) is 4. The normalized spacial score (nSPS) is 11.0. The van der Waals surface area contributed by atoms with E-state index < -0.39 is 0 Å². The second-order valence-corrected chi connectivity index (χ2v) is 6.31. The molecule has 4 rings (SSSR count). The summed E-state index contributed by atoms with van der Waals surface area (Å²) >= 11 is 2.25. The molecule has 0 radical (unpaired) electrons. The van der Waals surface area contributed by atoms with Crippen molar-refractivity contribution in [3.05, 3.63) is 57.7 Å². The fourth-order valence-electron chi connectivity index (χ4n) is 2.62. The number of nitrogen functional groups attached to an aromatic ring is 1. The molecule has 0 saturated carbocycles. The molecule has 0 spiro atoms. The molecule has 0 amide bonds. The van der Waals surface area contributed by atoms with E-state index in [0.29, 0.717) is 22.5 Å². The molecule has 23 heavy (non-hydrogen) atoms. The van der Waals surface area contributed by atoms with Gasteiger partial charge >= 0.3 is 0 Å². The molecule has 0 fully saturated rings. The minimum absolute atomic E-state index is 0.358. The molecule has 0 aliphatic carbocycles. The van der Waals surface area contributed by atoms with Crippen molar-refractivity contribution in [2.75, 3.05) is 5.73 Å². The van der Waals surface area contributed by atoms with Crippen LogP contribution in [0.5, 0.6) is 0 Å². The van der Waals surface area contributed by atoms with Gasteiger partial charge < -0.3 is 5.73 Å². The molecule has 2 aromatic carbocycles. The molecule has 110 valence electrons. The zero-order valence-corrected chi connectivity index (χ0v) is 14.0. The van der Waals surface area contributed by atoms with Crippen molar-refractivity contribution >= 4 is 50.6 Å². The van der Waals surface area contributed by atoms with Crippen LogP contribution in [-0.4, -0.2) is 14.5 Å². The number of anilines is 1. The summed E-state index contributed by atoms with van der Waals surface area (Å²) in [5, 5.41) is 9.48. The van der Waals surface area contributed by atoms with Gasteiger partial charge in [-0.1, -0.05) is 12.1 Å². The summed E-state index contributed by atoms with van der Waals surface area (Å²) < 4.78 is 2.90. The van der Waals surface area contributed by atoms with Gasteiger partial charge in [0.05, 0.1) is 11.0 Å². The standard InChI is InChI=1S/C17H10IN5/c18-10-5-7-11(8-6-10)23-16(20)12(9-19)15-17(23)22-14-4-2-1-3-13(14)21-15/h1-8H,20H2. The number of hydrogen-bond donors (Lipinski definition) is 1. The lowest BCUT2D eigenvalue weighted by atomic mass is 10.2. The number of fused-ring (bicyclic) bond motifs is 2. The Morgan fingerprint density at radius 3 is 2.30 bits per heavy atom. The third kappa shape index (κ3) is 2.12. The molecule has 2 heterocycles. The lowest BCUT2D eigenvalue weighted by Crippen LogP contribution is -2.01. The first-order valence-corrected chi connectivity index (χ1v) is 7.99. The zero-order valence-electron chi connectivity index (χ0n) is 11.9. The minimum atomic E-state index is 0.358. The maximum Gasteiger partial charge on any atom is 0.167 e. The molecule has 0 bridgehead atoms. The maximum atomic E-state index is 9.48. The molecule has 0 unspecified atom stereocenters. The molecule has 4 aromatic rings. The largest absolute Gasteiger partial charge is 0.384 e. The number of nitriles is 1. The first-order valence-electron chi connectivity index (χ1n) is 6.92. The fourth-order valence-corrected chi connectivity index (χ4v) is 2.98. The first-order chi connectivity index (χ1) is 11.2. The van der Waals surface area contributed by atoms with Gasteiger partial charge in [0.2, 0.25) is 0 Å². The lowest BCUT2D eigenvalue weighted by molar-refractivity contribution is 1.11. The highest BCUT2D eigenvalue weighted by molar-refractivity contribution is 14.1. The number of para-hydroxylation sites is 2. The third-order valence-electron chi connectivity index (χ3n) is 3.69. The molecule has 0 aliphatic rings. The Morgan fingerprint density at radius 1 is 1.00 bits per heavy atom. The van der Waals surface area contributed by atoms with Crippen LogP contribution in [0.4, 0.5) is 5.82 Å². The van der Waals surface area contributed by atoms with E-state index in [0.717, 1.165) is 20.3 Å². The van der Waals surface area contributed by atoms with Gasteiger partial charge in [-0.05, 0) is 59.0 Å². The van der Waals surface area contributed by atoms with Crippen LogP contribution < -0.4 is 5.73 Å². The molecule has 6 heteroatoms. The number of rotatable bonds is 1. The monoisotopic (exact) mass is 411 g/mol. The van der Waals surface area contributed by atoms with Gasteiger partial charge in [-0.25, -0.2) is 9.97 Å². The van der Waals surface area contributed by atoms with Crippen LogP contribution in [-0.2, 0) is 0 Å². The topological polar surface area (TPSA) is 80.5 Å². The average molecular weight is 411 g/mol. The molecule has 5 nitrogen and oxygen atoms in total. The summed E-state index contributed by atoms with van der Waals surface area (Å²) in [6, 6.07) is 17.6. The lowest BCUT2D eigenvalue weighted by Gasteiger charge is -2.07. The van der Waals surface area contributed by atoms with E-state index in [4.69, 9.17) is 5.73 Å². The third-order valence-corrected chi connectivity index (χ3v) is 4.41. The predicted octanol–water partition coefficient (Wildman–Crippen LogP) is 3.63. The SMILES string of the molecule is N#Cc1c(N)n(-c2ccc(I)cc2)c2nc3ccccc3nc12. The van der Waals surface area contributed by atoms with Crippen molar-refractivity contribution in [1.29, 1.82) is 5.26 Å². The van der Waals surface area contributed by atoms with Crippen molar-refractivity contribution < 1.29 is 0 Å². The quantitative estimate of drug-likeness (QED) is 0.485. The second-order valence-electron chi connectivity index (χ2n) is 5.07. The summed E-state index contributed by atoms with van der Waals surface area (Å²) in [4.78, 5) is 9.26. The van der Waals surface area contributed by atoms with Gasteiger partial charge in [0.25, 0.3) is 0 Å². The van der Waals surface area contributed by atoms with Gasteiger partial charge in [0, 0.05) is 9.26 Å². The number of benzene rings is 2. The van der Waals surface area contributed by atoms with E-state index in [1.807, 2.05) is 48.5 Å². The highest BCUT2D eigenvalue weighted by Crippen LogP contribution is 2.30. The minimum Gasteiger partial charge on any atom is -0.384 e. The highest BCUT2D eigenvalue weighted by Gasteiger charge is 2.19. The van der Waals surface area contributed by atoms with Crippen molar-refractivity contribution in [3.63, 3.8) is 0 Å². The summed E-state index contributed by atoms with van der Waals surface area (Å²) in [5.74, 6) is 0.360. The van der Waals surface area contributed by atoms with E-state index in [2.05, 4.69) is 38.6 Å². The molecule has 2 N–H and O–H groups in total. The Morgan fingerprint density at radius 2 is 1.65 bits per heavy atom. The van der Waals surface area contributed by atoms with Crippen LogP contribution in [0.3, 0.4) is 0 Å². The number of aromatic nitrogens is 3. The molecule has 0 saturated heterocycles. The molecular formula is C17H10IN5. The zero-order chi connectivity index (χ0) is 16.0. The number of hydrogen-bond acceptors (Lipinski definition) is 4. The molecule has 0 atom stereocenters. The molecular weight excluding hydrogens is 401 g/mol. The Kier molecular flexibility index (Phi) is 3.16. The van der Waals surface area contributed by atoms with Crippen LogP contribution in [0.1, 0.15) is 5.56 Å². The van der Waals surface area contributed by atoms with Gasteiger partial charge in [-0.15, -0.1) is 0 Å². The van der Waals surface area contributed by atoms with Crippen molar-refractivity contribution in [2.24, 2.45) is 0 Å². The summed E-state index contributed by atoms with van der Waals surface area (Å²) in [6.07, 6.45) is 0. The van der Waals surface area contributed by atoms with Gasteiger partial charge in [0.1, 0.15) is 23.0 Å². The Hall–Kier alpha value is -2.66. The first kappa shape index (κ1) is 14.0. The molecule has 2 aromatic heterocycles. The van der Waals surface area contributed by atoms with Crippen LogP contribution in [0.2, 0.25) is 0 Å². The summed E-state index contributed by atoms with van der Waals surface area (Å²) in [7, 11) is 0. The predicted molar refractivity (Wildman–Crippen MR) is 98.2 cm³/mol. The summed E-state index contributed by atoms with van der Waals surface area (Å²) in [6.45, 7) is 0. The van der Waals surface area contributed by atoms with Crippen LogP contribution in [0.15, 0.2) is 48.5 Å². The Labute approximate surface area is 145 Å². The van der Waals surface area contributed by atoms with Crippen molar-refractivity contribution in [3.8, 4) is 11.8 Å². The van der Waals surface area contributed by atoms with Crippen LogP contribution in [0.25, 0.3) is 27.9 Å². The van der Waals surface area contributed by atoms with Crippen molar-refractivity contribution in [1.82, 2.24) is 14.5 Å². The van der Waals surface area contributed by atoms with E-state index in [1.165, 1.54) is 0 Å². The highest BCUT2D eigenvalue weighted by atomic mass is 127. The fraction of sp³-hybridized carbons (Fsp3) is 0. The van der Waals surface area contributed by atoms with Crippen molar-refractivity contribution in [2.45, 2.75) is 0 Å². The van der Waals surface area contributed by atoms with E-state index in [9.17, 15) is 5.26 Å². The average Bonchev–Trinajstić information content (AvgIpc) is 2.84. The van der Waals surface area contributed by atoms with Gasteiger partial charge in [-0.3, -0.25) is 4.57 Å². The number of halogens is 1. The van der Waals surface area contributed by atoms with Gasteiger partial charge in [-0.2, -0.15) is 5.26 Å². The Bertz CT molecular complexity index is 1090. The molecule has 0 aliphatic heterocycles. The van der Waals surface area contributed by atoms with E-state index in [-0.39, 0.29) is 0 Å². The van der Waals surface area contributed by atoms with E-state index >= 15 is 0 Å². The number of nitrogens with two attached hydrogens (primary N) is 1. The van der Waals surface area contributed by atoms with Gasteiger partial charge in [0.15, 0.2) is 5.65 Å². The second kappa shape index (κ2) is 5.21. The van der Waals surface area contributed by atoms with Crippen LogP contribution in [0, 0.1) is 14.9 Å². The van der Waals surface area contributed by atoms with Crippen LogP contribution >= 0.6 is 22.6 Å². The van der Waals surface area contributed by atoms with E-state index in [1.54, 1.807) is 4.57 Å². The summed E-state index contributed by atoms with van der Waals surface area (Å²) in [5.41, 5.74) is 10.1. The Balaban J connectivity index is 2.14. The smallest absolute Gasteiger partial charge is 0.167 e.